The van der Waals surface area contributed by atoms with E-state index in [0.29, 0.717) is 45.7 Å². The SMILES string of the molecule is CCC(C)(CC(C)(C)N(C)C(=O)c1cc2ccccc2c(-c2ccccc2Cl)n1)N(C)C(=O)c1cc2ccccc2c(-c2ccccc2Cl)n1. The Labute approximate surface area is 303 Å². The zero-order valence-corrected chi connectivity index (χ0v) is 30.7. The van der Waals surface area contributed by atoms with Gasteiger partial charge in [0.2, 0.25) is 0 Å². The van der Waals surface area contributed by atoms with Gasteiger partial charge in [-0.15, -0.1) is 0 Å². The summed E-state index contributed by atoms with van der Waals surface area (Å²) in [6.45, 7) is 8.17. The average molecular weight is 704 g/mol. The Morgan fingerprint density at radius 2 is 1.02 bits per heavy atom. The van der Waals surface area contributed by atoms with Crippen molar-refractivity contribution in [3.63, 3.8) is 0 Å². The second kappa shape index (κ2) is 13.9. The molecule has 0 saturated carbocycles. The standard InChI is InChI=1S/C42H40Cl2N4O2/c1-7-42(4,48(6)40(50)36-25-28-17-9-11-19-30(28)38(46-36)32-21-13-15-23-34(32)44)26-41(2,3)47(5)39(49)35-24-27-16-8-10-18-29(27)37(45-35)31-20-12-14-22-33(31)43/h8-25H,7,26H2,1-6H3. The van der Waals surface area contributed by atoms with Crippen LogP contribution < -0.4 is 0 Å². The minimum Gasteiger partial charge on any atom is -0.335 e. The average Bonchev–Trinajstić information content (AvgIpc) is 3.13. The van der Waals surface area contributed by atoms with E-state index in [4.69, 9.17) is 33.2 Å². The van der Waals surface area contributed by atoms with Crippen molar-refractivity contribution < 1.29 is 9.59 Å². The second-order valence-corrected chi connectivity index (χ2v) is 14.5. The number of carbonyl (C=O) groups is 2. The van der Waals surface area contributed by atoms with E-state index < -0.39 is 11.1 Å². The van der Waals surface area contributed by atoms with E-state index in [0.717, 1.165) is 32.7 Å². The van der Waals surface area contributed by atoms with Crippen LogP contribution in [0.4, 0.5) is 0 Å². The summed E-state index contributed by atoms with van der Waals surface area (Å²) in [6, 6.07) is 34.5. The van der Waals surface area contributed by atoms with Gasteiger partial charge in [-0.25, -0.2) is 9.97 Å². The van der Waals surface area contributed by atoms with Gasteiger partial charge in [-0.05, 0) is 68.7 Å². The molecule has 8 heteroatoms. The number of fused-ring (bicyclic) bond motifs is 2. The highest BCUT2D eigenvalue weighted by atomic mass is 35.5. The number of aromatic nitrogens is 2. The van der Waals surface area contributed by atoms with Gasteiger partial charge in [-0.2, -0.15) is 0 Å². The van der Waals surface area contributed by atoms with E-state index in [1.807, 2.05) is 130 Å². The first-order chi connectivity index (χ1) is 23.8. The summed E-state index contributed by atoms with van der Waals surface area (Å²) < 4.78 is 0. The number of rotatable bonds is 9. The first-order valence-corrected chi connectivity index (χ1v) is 17.5. The Morgan fingerprint density at radius 3 is 1.46 bits per heavy atom. The first-order valence-electron chi connectivity index (χ1n) is 16.7. The lowest BCUT2D eigenvalue weighted by molar-refractivity contribution is 0.0300. The van der Waals surface area contributed by atoms with Gasteiger partial charge in [-0.3, -0.25) is 9.59 Å². The Hall–Kier alpha value is -4.78. The largest absolute Gasteiger partial charge is 0.335 e. The number of halogens is 2. The molecular formula is C42H40Cl2N4O2. The molecule has 1 atom stereocenters. The summed E-state index contributed by atoms with van der Waals surface area (Å²) in [6.07, 6.45) is 1.15. The van der Waals surface area contributed by atoms with Gasteiger partial charge in [0.1, 0.15) is 11.4 Å². The zero-order valence-electron chi connectivity index (χ0n) is 29.2. The lowest BCUT2D eigenvalue weighted by Crippen LogP contribution is -2.56. The summed E-state index contributed by atoms with van der Waals surface area (Å²) in [5.74, 6) is -0.430. The molecule has 2 heterocycles. The van der Waals surface area contributed by atoms with Gasteiger partial charge >= 0.3 is 0 Å². The number of hydrogen-bond acceptors (Lipinski definition) is 4. The highest BCUT2D eigenvalue weighted by molar-refractivity contribution is 6.34. The van der Waals surface area contributed by atoms with E-state index in [1.165, 1.54) is 0 Å². The van der Waals surface area contributed by atoms with Crippen LogP contribution in [0.25, 0.3) is 44.1 Å². The topological polar surface area (TPSA) is 66.4 Å². The molecule has 0 radical (unpaired) electrons. The van der Waals surface area contributed by atoms with Crippen LogP contribution in [0, 0.1) is 0 Å². The van der Waals surface area contributed by atoms with E-state index in [2.05, 4.69) is 13.8 Å². The van der Waals surface area contributed by atoms with Crippen molar-refractivity contribution in [1.82, 2.24) is 19.8 Å². The van der Waals surface area contributed by atoms with Crippen LogP contribution in [-0.2, 0) is 0 Å². The summed E-state index contributed by atoms with van der Waals surface area (Å²) in [7, 11) is 3.61. The summed E-state index contributed by atoms with van der Waals surface area (Å²) in [4.78, 5) is 41.9. The van der Waals surface area contributed by atoms with Crippen molar-refractivity contribution in [3.05, 3.63) is 131 Å². The Morgan fingerprint density at radius 1 is 0.620 bits per heavy atom. The number of pyridine rings is 2. The molecule has 0 aliphatic carbocycles. The monoisotopic (exact) mass is 702 g/mol. The lowest BCUT2D eigenvalue weighted by Gasteiger charge is -2.46. The highest BCUT2D eigenvalue weighted by Crippen LogP contribution is 2.37. The minimum atomic E-state index is -0.673. The maximum atomic E-state index is 14.3. The van der Waals surface area contributed by atoms with E-state index in [1.54, 1.807) is 16.8 Å². The van der Waals surface area contributed by atoms with Gasteiger partial charge in [0.15, 0.2) is 0 Å². The molecule has 0 aliphatic rings. The van der Waals surface area contributed by atoms with Crippen LogP contribution in [0.5, 0.6) is 0 Å². The molecule has 50 heavy (non-hydrogen) atoms. The van der Waals surface area contributed by atoms with E-state index in [-0.39, 0.29) is 11.8 Å². The van der Waals surface area contributed by atoms with Crippen LogP contribution in [0.15, 0.2) is 109 Å². The van der Waals surface area contributed by atoms with Crippen LogP contribution in [0.3, 0.4) is 0 Å². The van der Waals surface area contributed by atoms with E-state index >= 15 is 0 Å². The second-order valence-electron chi connectivity index (χ2n) is 13.7. The fourth-order valence-electron chi connectivity index (χ4n) is 6.73. The molecule has 254 valence electrons. The van der Waals surface area contributed by atoms with Crippen molar-refractivity contribution in [3.8, 4) is 22.5 Å². The van der Waals surface area contributed by atoms with Crippen molar-refractivity contribution >= 4 is 56.6 Å². The predicted molar refractivity (Wildman–Crippen MR) is 206 cm³/mol. The number of nitrogens with zero attached hydrogens (tertiary/aromatic N) is 4. The number of benzene rings is 4. The molecule has 2 aromatic heterocycles. The Balaban J connectivity index is 1.31. The smallest absolute Gasteiger partial charge is 0.272 e. The van der Waals surface area contributed by atoms with Crippen LogP contribution in [-0.4, -0.2) is 56.8 Å². The summed E-state index contributed by atoms with van der Waals surface area (Å²) in [5, 5.41) is 4.76. The Bertz CT molecular complexity index is 2250. The predicted octanol–water partition coefficient (Wildman–Crippen LogP) is 10.6. The quantitative estimate of drug-likeness (QED) is 0.150. The lowest BCUT2D eigenvalue weighted by atomic mass is 9.81. The molecule has 1 unspecified atom stereocenters. The molecule has 0 saturated heterocycles. The zero-order chi connectivity index (χ0) is 35.8. The van der Waals surface area contributed by atoms with E-state index in [9.17, 15) is 9.59 Å². The normalized spacial score (nSPS) is 12.9. The fraction of sp³-hybridized carbons (Fsp3) is 0.238. The number of amides is 2. The third kappa shape index (κ3) is 6.58. The molecule has 4 aromatic carbocycles. The molecule has 6 rings (SSSR count). The van der Waals surface area contributed by atoms with Gasteiger partial charge in [0.25, 0.3) is 11.8 Å². The van der Waals surface area contributed by atoms with Crippen LogP contribution >= 0.6 is 23.2 Å². The van der Waals surface area contributed by atoms with Gasteiger partial charge in [0.05, 0.1) is 11.4 Å². The number of carbonyl (C=O) groups excluding carboxylic acids is 2. The van der Waals surface area contributed by atoms with Gasteiger partial charge in [0, 0.05) is 57.1 Å². The third-order valence-electron chi connectivity index (χ3n) is 10.1. The van der Waals surface area contributed by atoms with Crippen molar-refractivity contribution in [2.75, 3.05) is 14.1 Å². The minimum absolute atomic E-state index is 0.209. The molecular weight excluding hydrogens is 663 g/mol. The molecule has 0 fully saturated rings. The van der Waals surface area contributed by atoms with Gasteiger partial charge < -0.3 is 9.80 Å². The van der Waals surface area contributed by atoms with Gasteiger partial charge in [-0.1, -0.05) is 115 Å². The molecule has 2 amide bonds. The molecule has 0 N–H and O–H groups in total. The molecule has 6 nitrogen and oxygen atoms in total. The number of hydrogen-bond donors (Lipinski definition) is 0. The first kappa shape index (κ1) is 35.1. The maximum absolute atomic E-state index is 14.3. The fourth-order valence-corrected chi connectivity index (χ4v) is 7.18. The maximum Gasteiger partial charge on any atom is 0.272 e. The summed E-state index contributed by atoms with van der Waals surface area (Å²) >= 11 is 13.2. The van der Waals surface area contributed by atoms with Crippen molar-refractivity contribution in [2.24, 2.45) is 0 Å². The molecule has 0 aliphatic heterocycles. The van der Waals surface area contributed by atoms with Crippen molar-refractivity contribution in [1.29, 1.82) is 0 Å². The highest BCUT2D eigenvalue weighted by Gasteiger charge is 2.41. The molecule has 6 aromatic rings. The van der Waals surface area contributed by atoms with Crippen molar-refractivity contribution in [2.45, 2.75) is 51.6 Å². The van der Waals surface area contributed by atoms with Crippen LogP contribution in [0.2, 0.25) is 10.0 Å². The third-order valence-corrected chi connectivity index (χ3v) is 10.7. The van der Waals surface area contributed by atoms with Crippen LogP contribution in [0.1, 0.15) is 61.5 Å². The molecule has 0 spiro atoms. The summed E-state index contributed by atoms with van der Waals surface area (Å²) in [5.41, 5.74) is 2.20. The Kier molecular flexibility index (Phi) is 9.71. The molecule has 0 bridgehead atoms.